The molecule has 8 nitrogen and oxygen atoms in total. The molecular weight excluding hydrogens is 478 g/mol. The highest BCUT2D eigenvalue weighted by Crippen LogP contribution is 2.26. The van der Waals surface area contributed by atoms with E-state index in [1.807, 2.05) is 25.1 Å². The number of ether oxygens (including phenoxy) is 1. The van der Waals surface area contributed by atoms with Crippen molar-refractivity contribution in [1.82, 2.24) is 14.9 Å². The first-order valence-corrected chi connectivity index (χ1v) is 14.0. The summed E-state index contributed by atoms with van der Waals surface area (Å²) in [6, 6.07) is 13.4. The summed E-state index contributed by atoms with van der Waals surface area (Å²) >= 11 is 0. The maximum absolute atomic E-state index is 13.3. The molecule has 2 fully saturated rings. The van der Waals surface area contributed by atoms with Gasteiger partial charge in [-0.2, -0.15) is 4.31 Å². The predicted octanol–water partition coefficient (Wildman–Crippen LogP) is 3.26. The number of hydrogen-bond donors (Lipinski definition) is 2. The zero-order valence-electron chi connectivity index (χ0n) is 20.9. The average Bonchev–Trinajstić information content (AvgIpc) is 2.90. The Hall–Kier alpha value is -2.91. The number of methoxy groups -OCH3 is 1. The summed E-state index contributed by atoms with van der Waals surface area (Å²) in [5, 5.41) is 6.27. The van der Waals surface area contributed by atoms with Gasteiger partial charge in [-0.3, -0.25) is 9.59 Å². The van der Waals surface area contributed by atoms with Gasteiger partial charge in [-0.25, -0.2) is 8.42 Å². The summed E-state index contributed by atoms with van der Waals surface area (Å²) in [5.41, 5.74) is 1.55. The van der Waals surface area contributed by atoms with Gasteiger partial charge in [-0.1, -0.05) is 31.0 Å². The minimum atomic E-state index is -3.71. The molecule has 1 saturated carbocycles. The monoisotopic (exact) mass is 513 g/mol. The summed E-state index contributed by atoms with van der Waals surface area (Å²) in [6.07, 6.45) is 4.79. The number of nitrogens with zero attached hydrogens (tertiary/aromatic N) is 1. The fourth-order valence-corrected chi connectivity index (χ4v) is 6.65. The van der Waals surface area contributed by atoms with Crippen molar-refractivity contribution in [3.63, 3.8) is 0 Å². The molecule has 1 heterocycles. The summed E-state index contributed by atoms with van der Waals surface area (Å²) in [6.45, 7) is 2.44. The van der Waals surface area contributed by atoms with Crippen molar-refractivity contribution < 1.29 is 22.7 Å². The number of hydrogen-bond acceptors (Lipinski definition) is 5. The van der Waals surface area contributed by atoms with Crippen LogP contribution in [0.4, 0.5) is 0 Å². The molecule has 3 atom stereocenters. The van der Waals surface area contributed by atoms with Gasteiger partial charge in [-0.05, 0) is 68.5 Å². The standard InChI is InChI=1S/C27H35N3O5S/c1-19-8-3-4-10-23(19)27(32)29-25-12-6-5-11-24(25)28-26(31)20-9-7-17-30(18-20)36(33,34)22-15-13-21(35-2)14-16-22/h3-4,8,10,13-16,20,24-25H,5-7,9,11-12,17-18H2,1-2H3,(H,28,31)(H,29,32)/t20-,24+,25+/m0/s1. The van der Waals surface area contributed by atoms with Gasteiger partial charge < -0.3 is 15.4 Å². The highest BCUT2D eigenvalue weighted by atomic mass is 32.2. The molecule has 9 heteroatoms. The molecule has 2 aromatic carbocycles. The lowest BCUT2D eigenvalue weighted by Gasteiger charge is -2.36. The molecule has 2 N–H and O–H groups in total. The fraction of sp³-hybridized carbons (Fsp3) is 0.481. The van der Waals surface area contributed by atoms with Gasteiger partial charge in [0.2, 0.25) is 15.9 Å². The zero-order chi connectivity index (χ0) is 25.7. The third-order valence-corrected chi connectivity index (χ3v) is 9.13. The lowest BCUT2D eigenvalue weighted by molar-refractivity contribution is -0.127. The van der Waals surface area contributed by atoms with Crippen molar-refractivity contribution in [2.45, 2.75) is 62.4 Å². The molecular formula is C27H35N3O5S. The van der Waals surface area contributed by atoms with Crippen LogP contribution in [0.2, 0.25) is 0 Å². The Balaban J connectivity index is 1.40. The van der Waals surface area contributed by atoms with Crippen LogP contribution >= 0.6 is 0 Å². The quantitative estimate of drug-likeness (QED) is 0.591. The third-order valence-electron chi connectivity index (χ3n) is 7.25. The van der Waals surface area contributed by atoms with Crippen molar-refractivity contribution in [2.24, 2.45) is 5.92 Å². The molecule has 4 rings (SSSR count). The van der Waals surface area contributed by atoms with Crippen molar-refractivity contribution in [1.29, 1.82) is 0 Å². The highest BCUT2D eigenvalue weighted by Gasteiger charge is 2.35. The van der Waals surface area contributed by atoms with E-state index in [1.165, 1.54) is 23.5 Å². The van der Waals surface area contributed by atoms with Crippen LogP contribution in [0.5, 0.6) is 5.75 Å². The van der Waals surface area contributed by atoms with Crippen LogP contribution in [0.1, 0.15) is 54.4 Å². The van der Waals surface area contributed by atoms with E-state index in [2.05, 4.69) is 10.6 Å². The van der Waals surface area contributed by atoms with Crippen LogP contribution in [0, 0.1) is 12.8 Å². The summed E-state index contributed by atoms with van der Waals surface area (Å²) in [7, 11) is -2.18. The molecule has 2 aromatic rings. The minimum absolute atomic E-state index is 0.131. The molecule has 36 heavy (non-hydrogen) atoms. The minimum Gasteiger partial charge on any atom is -0.497 e. The molecule has 0 unspecified atom stereocenters. The first kappa shape index (κ1) is 26.2. The number of amides is 2. The van der Waals surface area contributed by atoms with Gasteiger partial charge in [0.05, 0.1) is 17.9 Å². The van der Waals surface area contributed by atoms with E-state index in [9.17, 15) is 18.0 Å². The second-order valence-corrected chi connectivity index (χ2v) is 11.6. The fourth-order valence-electron chi connectivity index (χ4n) is 5.12. The number of aryl methyl sites for hydroxylation is 1. The second kappa shape index (κ2) is 11.4. The summed E-state index contributed by atoms with van der Waals surface area (Å²) in [5.74, 6) is -0.122. The molecule has 1 aliphatic carbocycles. The highest BCUT2D eigenvalue weighted by molar-refractivity contribution is 7.89. The molecule has 0 radical (unpaired) electrons. The SMILES string of the molecule is COc1ccc(S(=O)(=O)N2CCC[C@H](C(=O)N[C@@H]3CCCC[C@H]3NC(=O)c3ccccc3C)C2)cc1. The Kier molecular flexibility index (Phi) is 8.31. The maximum atomic E-state index is 13.3. The number of nitrogens with one attached hydrogen (secondary N) is 2. The third kappa shape index (κ3) is 5.90. The smallest absolute Gasteiger partial charge is 0.251 e. The van der Waals surface area contributed by atoms with Crippen LogP contribution in [-0.4, -0.2) is 56.8 Å². The Bertz CT molecular complexity index is 1180. The number of sulfonamides is 1. The second-order valence-electron chi connectivity index (χ2n) is 9.67. The van der Waals surface area contributed by atoms with Gasteiger partial charge in [-0.15, -0.1) is 0 Å². The van der Waals surface area contributed by atoms with Crippen LogP contribution in [-0.2, 0) is 14.8 Å². The topological polar surface area (TPSA) is 105 Å². The van der Waals surface area contributed by atoms with E-state index in [0.29, 0.717) is 30.7 Å². The molecule has 1 saturated heterocycles. The van der Waals surface area contributed by atoms with Crippen molar-refractivity contribution in [3.05, 3.63) is 59.7 Å². The summed E-state index contributed by atoms with van der Waals surface area (Å²) < 4.78 is 32.9. The lowest BCUT2D eigenvalue weighted by atomic mass is 9.89. The Morgan fingerprint density at radius 2 is 1.58 bits per heavy atom. The number of carbonyl (C=O) groups is 2. The number of piperidine rings is 1. The normalized spacial score (nSPS) is 23.0. The van der Waals surface area contributed by atoms with E-state index in [1.54, 1.807) is 18.2 Å². The van der Waals surface area contributed by atoms with E-state index in [4.69, 9.17) is 4.74 Å². The first-order valence-electron chi connectivity index (χ1n) is 12.6. The van der Waals surface area contributed by atoms with Crippen molar-refractivity contribution in [3.8, 4) is 5.75 Å². The first-order chi connectivity index (χ1) is 17.3. The Morgan fingerprint density at radius 3 is 2.25 bits per heavy atom. The van der Waals surface area contributed by atoms with Crippen LogP contribution in [0.25, 0.3) is 0 Å². The maximum Gasteiger partial charge on any atom is 0.251 e. The number of rotatable bonds is 7. The van der Waals surface area contributed by atoms with Crippen LogP contribution in [0.3, 0.4) is 0 Å². The lowest BCUT2D eigenvalue weighted by Crippen LogP contribution is -2.55. The largest absolute Gasteiger partial charge is 0.497 e. The Morgan fingerprint density at radius 1 is 0.917 bits per heavy atom. The van der Waals surface area contributed by atoms with Gasteiger partial charge in [0.15, 0.2) is 0 Å². The van der Waals surface area contributed by atoms with Gasteiger partial charge in [0, 0.05) is 30.7 Å². The van der Waals surface area contributed by atoms with Gasteiger partial charge in [0.1, 0.15) is 5.75 Å². The molecule has 194 valence electrons. The zero-order valence-corrected chi connectivity index (χ0v) is 21.7. The predicted molar refractivity (Wildman–Crippen MR) is 137 cm³/mol. The van der Waals surface area contributed by atoms with E-state index < -0.39 is 15.9 Å². The van der Waals surface area contributed by atoms with Crippen LogP contribution < -0.4 is 15.4 Å². The van der Waals surface area contributed by atoms with E-state index in [-0.39, 0.29) is 35.3 Å². The molecule has 1 aliphatic heterocycles. The summed E-state index contributed by atoms with van der Waals surface area (Å²) in [4.78, 5) is 26.3. The van der Waals surface area contributed by atoms with E-state index in [0.717, 1.165) is 31.2 Å². The molecule has 0 bridgehead atoms. The van der Waals surface area contributed by atoms with Crippen molar-refractivity contribution in [2.75, 3.05) is 20.2 Å². The average molecular weight is 514 g/mol. The number of benzene rings is 2. The molecule has 0 aromatic heterocycles. The molecule has 2 aliphatic rings. The van der Waals surface area contributed by atoms with Crippen molar-refractivity contribution >= 4 is 21.8 Å². The van der Waals surface area contributed by atoms with Crippen LogP contribution in [0.15, 0.2) is 53.4 Å². The number of carbonyl (C=O) groups excluding carboxylic acids is 2. The van der Waals surface area contributed by atoms with Gasteiger partial charge in [0.25, 0.3) is 5.91 Å². The molecule has 2 amide bonds. The van der Waals surface area contributed by atoms with Gasteiger partial charge >= 0.3 is 0 Å². The van der Waals surface area contributed by atoms with E-state index >= 15 is 0 Å². The molecule has 0 spiro atoms. The Labute approximate surface area is 213 Å².